The Labute approximate surface area is 257 Å². The molecule has 0 aromatic heterocycles. The summed E-state index contributed by atoms with van der Waals surface area (Å²) in [6.07, 6.45) is 43.7. The fraction of sp³-hybridized carbons (Fsp3) is 0.756. The van der Waals surface area contributed by atoms with E-state index < -0.39 is 0 Å². The highest BCUT2D eigenvalue weighted by Crippen LogP contribution is 2.21. The zero-order valence-corrected chi connectivity index (χ0v) is 27.8. The van der Waals surface area contributed by atoms with Crippen LogP contribution in [0.15, 0.2) is 42.5 Å². The molecule has 0 bridgehead atoms. The first-order valence-electron chi connectivity index (χ1n) is 18.9. The molecule has 2 aromatic rings. The summed E-state index contributed by atoms with van der Waals surface area (Å²) in [6.45, 7) is 2.31. The van der Waals surface area contributed by atoms with Crippen LogP contribution in [0.25, 0.3) is 10.8 Å². The fourth-order valence-electron chi connectivity index (χ4n) is 6.67. The van der Waals surface area contributed by atoms with Gasteiger partial charge in [-0.15, -0.1) is 0 Å². The van der Waals surface area contributed by atoms with Crippen molar-refractivity contribution in [3.8, 4) is 0 Å². The molecule has 0 N–H and O–H groups in total. The smallest absolute Gasteiger partial charge is 0.0152 e. The number of aryl methyl sites for hydroxylation is 1. The van der Waals surface area contributed by atoms with Gasteiger partial charge in [-0.2, -0.15) is 0 Å². The van der Waals surface area contributed by atoms with Crippen molar-refractivity contribution >= 4 is 10.8 Å². The van der Waals surface area contributed by atoms with Gasteiger partial charge in [0.25, 0.3) is 0 Å². The Bertz CT molecular complexity index is 799. The summed E-state index contributed by atoms with van der Waals surface area (Å²) in [4.78, 5) is 0. The Morgan fingerprint density at radius 3 is 1.02 bits per heavy atom. The van der Waals surface area contributed by atoms with Crippen LogP contribution in [-0.2, 0) is 6.42 Å². The second kappa shape index (κ2) is 27.5. The molecule has 234 valence electrons. The average Bonchev–Trinajstić information content (AvgIpc) is 3.00. The van der Waals surface area contributed by atoms with Crippen molar-refractivity contribution in [1.29, 1.82) is 0 Å². The zero-order valence-electron chi connectivity index (χ0n) is 27.8. The lowest BCUT2D eigenvalue weighted by Gasteiger charge is -2.07. The van der Waals surface area contributed by atoms with Crippen molar-refractivity contribution < 1.29 is 0 Å². The van der Waals surface area contributed by atoms with Gasteiger partial charge in [-0.05, 0) is 29.2 Å². The highest BCUT2D eigenvalue weighted by molar-refractivity contribution is 5.85. The van der Waals surface area contributed by atoms with Crippen molar-refractivity contribution in [1.82, 2.24) is 0 Å². The summed E-state index contributed by atoms with van der Waals surface area (Å²) in [5.41, 5.74) is 1.54. The molecule has 41 heavy (non-hydrogen) atoms. The molecule has 0 aliphatic rings. The lowest BCUT2D eigenvalue weighted by molar-refractivity contribution is 0.513. The molecule has 2 rings (SSSR count). The van der Waals surface area contributed by atoms with Crippen molar-refractivity contribution in [2.45, 2.75) is 200 Å². The molecule has 0 heterocycles. The van der Waals surface area contributed by atoms with Gasteiger partial charge in [0.1, 0.15) is 0 Å². The van der Waals surface area contributed by atoms with E-state index in [2.05, 4.69) is 49.4 Å². The maximum Gasteiger partial charge on any atom is -0.0152 e. The number of benzene rings is 2. The predicted octanol–water partition coefficient (Wildman–Crippen LogP) is 14.7. The Balaban J connectivity index is 1.20. The maximum atomic E-state index is 2.32. The molecule has 0 fully saturated rings. The molecular weight excluding hydrogens is 492 g/mol. The van der Waals surface area contributed by atoms with Gasteiger partial charge < -0.3 is 0 Å². The van der Waals surface area contributed by atoms with Crippen molar-refractivity contribution in [3.63, 3.8) is 0 Å². The highest BCUT2D eigenvalue weighted by Gasteiger charge is 2.01. The van der Waals surface area contributed by atoms with Crippen molar-refractivity contribution in [3.05, 3.63) is 48.0 Å². The third-order valence-corrected chi connectivity index (χ3v) is 9.43. The molecule has 0 amide bonds. The number of hydrogen-bond acceptors (Lipinski definition) is 0. The van der Waals surface area contributed by atoms with Gasteiger partial charge in [0.15, 0.2) is 0 Å². The van der Waals surface area contributed by atoms with Crippen LogP contribution in [0, 0.1) is 0 Å². The van der Waals surface area contributed by atoms with Crippen LogP contribution in [0.3, 0.4) is 0 Å². The third-order valence-electron chi connectivity index (χ3n) is 9.43. The number of hydrogen-bond donors (Lipinski definition) is 0. The first kappa shape index (κ1) is 35.9. The van der Waals surface area contributed by atoms with E-state index in [1.54, 1.807) is 0 Å². The summed E-state index contributed by atoms with van der Waals surface area (Å²) < 4.78 is 0. The quantitative estimate of drug-likeness (QED) is 0.0830. The third kappa shape index (κ3) is 20.3. The zero-order chi connectivity index (χ0) is 28.9. The predicted molar refractivity (Wildman–Crippen MR) is 187 cm³/mol. The van der Waals surface area contributed by atoms with Crippen molar-refractivity contribution in [2.24, 2.45) is 0 Å². The first-order chi connectivity index (χ1) is 20.4. The Morgan fingerprint density at radius 1 is 0.317 bits per heavy atom. The molecule has 0 aliphatic carbocycles. The second-order valence-electron chi connectivity index (χ2n) is 13.3. The molecule has 0 unspecified atom stereocenters. The standard InChI is InChI=1S/C41H70/c1-2-3-4-5-6-7-8-9-10-11-12-13-14-15-16-17-18-19-20-21-22-23-24-25-26-27-28-29-30-34-39-36-33-37-40-35-31-32-38-41(39)40/h31-33,35-38H,2-30,34H2,1H3. The van der Waals surface area contributed by atoms with Gasteiger partial charge in [-0.3, -0.25) is 0 Å². The summed E-state index contributed by atoms with van der Waals surface area (Å²) in [6, 6.07) is 15.6. The van der Waals surface area contributed by atoms with Crippen LogP contribution >= 0.6 is 0 Å². The first-order valence-corrected chi connectivity index (χ1v) is 18.9. The average molecular weight is 563 g/mol. The largest absolute Gasteiger partial charge is 0.0654 e. The Kier molecular flexibility index (Phi) is 24.1. The van der Waals surface area contributed by atoms with Gasteiger partial charge >= 0.3 is 0 Å². The molecule has 0 radical (unpaired) electrons. The SMILES string of the molecule is CCCCCCCCCCCCCCCCCCCCCCCCCCCCCCCc1cccc2ccccc12. The summed E-state index contributed by atoms with van der Waals surface area (Å²) in [7, 11) is 0. The number of fused-ring (bicyclic) bond motifs is 1. The van der Waals surface area contributed by atoms with Gasteiger partial charge in [0, 0.05) is 0 Å². The molecule has 0 atom stereocenters. The topological polar surface area (TPSA) is 0 Å². The van der Waals surface area contributed by atoms with Gasteiger partial charge in [-0.1, -0.05) is 229 Å². The molecule has 2 aromatic carbocycles. The van der Waals surface area contributed by atoms with E-state index in [1.807, 2.05) is 0 Å². The van der Waals surface area contributed by atoms with Gasteiger partial charge in [-0.25, -0.2) is 0 Å². The molecule has 0 spiro atoms. The van der Waals surface area contributed by atoms with Crippen LogP contribution in [0.2, 0.25) is 0 Å². The molecule has 0 saturated carbocycles. The van der Waals surface area contributed by atoms with E-state index in [4.69, 9.17) is 0 Å². The van der Waals surface area contributed by atoms with E-state index in [0.29, 0.717) is 0 Å². The monoisotopic (exact) mass is 563 g/mol. The van der Waals surface area contributed by atoms with Crippen molar-refractivity contribution in [2.75, 3.05) is 0 Å². The maximum absolute atomic E-state index is 2.32. The summed E-state index contributed by atoms with van der Waals surface area (Å²) in [5, 5.41) is 2.84. The number of rotatable bonds is 30. The van der Waals surface area contributed by atoms with E-state index in [-0.39, 0.29) is 0 Å². The van der Waals surface area contributed by atoms with E-state index in [0.717, 1.165) is 0 Å². The molecule has 0 aliphatic heterocycles. The molecule has 0 saturated heterocycles. The van der Waals surface area contributed by atoms with Crippen LogP contribution in [0.4, 0.5) is 0 Å². The second-order valence-corrected chi connectivity index (χ2v) is 13.3. The lowest BCUT2D eigenvalue weighted by Crippen LogP contribution is -1.88. The molecule has 0 heteroatoms. The minimum Gasteiger partial charge on any atom is -0.0654 e. The minimum atomic E-state index is 1.24. The van der Waals surface area contributed by atoms with E-state index in [1.165, 1.54) is 209 Å². The normalized spacial score (nSPS) is 11.5. The number of unbranched alkanes of at least 4 members (excludes halogenated alkanes) is 28. The summed E-state index contributed by atoms with van der Waals surface area (Å²) in [5.74, 6) is 0. The van der Waals surface area contributed by atoms with Crippen LogP contribution in [0.1, 0.15) is 199 Å². The van der Waals surface area contributed by atoms with Gasteiger partial charge in [0.05, 0.1) is 0 Å². The molecule has 0 nitrogen and oxygen atoms in total. The summed E-state index contributed by atoms with van der Waals surface area (Å²) >= 11 is 0. The Hall–Kier alpha value is -1.30. The minimum absolute atomic E-state index is 1.24. The van der Waals surface area contributed by atoms with E-state index >= 15 is 0 Å². The lowest BCUT2D eigenvalue weighted by atomic mass is 9.99. The van der Waals surface area contributed by atoms with E-state index in [9.17, 15) is 0 Å². The van der Waals surface area contributed by atoms with Crippen LogP contribution < -0.4 is 0 Å². The van der Waals surface area contributed by atoms with Crippen LogP contribution in [0.5, 0.6) is 0 Å². The van der Waals surface area contributed by atoms with Gasteiger partial charge in [0.2, 0.25) is 0 Å². The molecular formula is C41H70. The fourth-order valence-corrected chi connectivity index (χ4v) is 6.67. The highest BCUT2D eigenvalue weighted by atomic mass is 14.1. The Morgan fingerprint density at radius 2 is 0.634 bits per heavy atom. The van der Waals surface area contributed by atoms with Crippen LogP contribution in [-0.4, -0.2) is 0 Å².